The normalized spacial score (nSPS) is 14.4. The fourth-order valence-corrected chi connectivity index (χ4v) is 5.87. The van der Waals surface area contributed by atoms with Crippen LogP contribution in [0.2, 0.25) is 0 Å². The van der Waals surface area contributed by atoms with Gasteiger partial charge in [0.15, 0.2) is 0 Å². The van der Waals surface area contributed by atoms with E-state index in [4.69, 9.17) is 0 Å². The van der Waals surface area contributed by atoms with Crippen molar-refractivity contribution < 1.29 is 0 Å². The molecule has 1 heterocycles. The molecule has 0 bridgehead atoms. The molecule has 4 rings (SSSR count). The Bertz CT molecular complexity index is 1210. The third-order valence-electron chi connectivity index (χ3n) is 8.30. The van der Waals surface area contributed by atoms with Gasteiger partial charge in [0.1, 0.15) is 0 Å². The number of rotatable bonds is 6. The van der Waals surface area contributed by atoms with Gasteiger partial charge in [-0.25, -0.2) is 0 Å². The molecule has 1 nitrogen and oxygen atoms in total. The molecule has 1 aliphatic rings. The fourth-order valence-electron chi connectivity index (χ4n) is 5.87. The van der Waals surface area contributed by atoms with Crippen LogP contribution < -0.4 is 0 Å². The number of hydrogen-bond acceptors (Lipinski definition) is 1. The van der Waals surface area contributed by atoms with Crippen LogP contribution in [0.1, 0.15) is 99.1 Å². The van der Waals surface area contributed by atoms with Gasteiger partial charge in [-0.15, -0.1) is 0 Å². The van der Waals surface area contributed by atoms with Crippen LogP contribution in [0, 0.1) is 31.6 Å². The second-order valence-electron chi connectivity index (χ2n) is 10.4. The second kappa shape index (κ2) is 11.3. The second-order valence-corrected chi connectivity index (χ2v) is 10.4. The minimum absolute atomic E-state index is 0.00684. The fraction of sp³-hybridized carbons (Fsp3) is 0.441. The minimum atomic E-state index is 0.00684. The number of aryl methyl sites for hydroxylation is 3. The molecular weight excluding hydrogens is 422 g/mol. The Kier molecular flexibility index (Phi) is 8.12. The number of aromatic nitrogens is 1. The molecule has 1 heteroatoms. The van der Waals surface area contributed by atoms with Crippen LogP contribution >= 0.6 is 0 Å². The first-order chi connectivity index (χ1) is 17.0. The van der Waals surface area contributed by atoms with Gasteiger partial charge in [-0.1, -0.05) is 82.2 Å². The van der Waals surface area contributed by atoms with Crippen molar-refractivity contribution in [3.8, 4) is 23.0 Å². The summed E-state index contributed by atoms with van der Waals surface area (Å²) >= 11 is 0. The topological polar surface area (TPSA) is 12.9 Å². The standard InChI is InChI=1S/C34H41N/c1-6-27-22-30(24-35-23-27)33-19-18-32(21-26(33)5)34(7-2,8-3)31-17-16-29(25(4)20-31)15-14-28-12-10-9-11-13-28/h16-24,28H,6-13H2,1-5H3. The van der Waals surface area contributed by atoms with Crippen molar-refractivity contribution in [3.05, 3.63) is 88.2 Å². The smallest absolute Gasteiger partial charge is 0.0346 e. The summed E-state index contributed by atoms with van der Waals surface area (Å²) in [5.74, 6) is 7.69. The molecule has 0 atom stereocenters. The zero-order valence-corrected chi connectivity index (χ0v) is 22.4. The van der Waals surface area contributed by atoms with Crippen molar-refractivity contribution in [1.29, 1.82) is 0 Å². The highest BCUT2D eigenvalue weighted by Gasteiger charge is 2.31. The summed E-state index contributed by atoms with van der Waals surface area (Å²) < 4.78 is 0. The van der Waals surface area contributed by atoms with Crippen LogP contribution in [0.4, 0.5) is 0 Å². The lowest BCUT2D eigenvalue weighted by molar-refractivity contribution is 0.430. The largest absolute Gasteiger partial charge is 0.264 e. The Morgan fingerprint density at radius 2 is 1.51 bits per heavy atom. The minimum Gasteiger partial charge on any atom is -0.264 e. The summed E-state index contributed by atoms with van der Waals surface area (Å²) in [7, 11) is 0. The van der Waals surface area contributed by atoms with Crippen LogP contribution in [0.25, 0.3) is 11.1 Å². The molecule has 0 saturated heterocycles. The number of nitrogens with zero attached hydrogens (tertiary/aromatic N) is 1. The lowest BCUT2D eigenvalue weighted by Gasteiger charge is -2.34. The first-order valence-corrected chi connectivity index (χ1v) is 13.7. The maximum absolute atomic E-state index is 4.48. The lowest BCUT2D eigenvalue weighted by atomic mass is 9.69. The molecular formula is C34H41N. The summed E-state index contributed by atoms with van der Waals surface area (Å²) in [5, 5.41) is 0. The molecule has 0 radical (unpaired) electrons. The van der Waals surface area contributed by atoms with E-state index in [9.17, 15) is 0 Å². The molecule has 3 aromatic rings. The van der Waals surface area contributed by atoms with E-state index in [0.29, 0.717) is 5.92 Å². The molecule has 2 aromatic carbocycles. The van der Waals surface area contributed by atoms with Gasteiger partial charge < -0.3 is 0 Å². The van der Waals surface area contributed by atoms with Crippen LogP contribution in [0.5, 0.6) is 0 Å². The highest BCUT2D eigenvalue weighted by atomic mass is 14.6. The highest BCUT2D eigenvalue weighted by Crippen LogP contribution is 2.41. The van der Waals surface area contributed by atoms with Crippen LogP contribution in [0.15, 0.2) is 54.9 Å². The number of benzene rings is 2. The first-order valence-electron chi connectivity index (χ1n) is 13.7. The van der Waals surface area contributed by atoms with Gasteiger partial charge in [0.25, 0.3) is 0 Å². The molecule has 1 saturated carbocycles. The van der Waals surface area contributed by atoms with Crippen molar-refractivity contribution in [3.63, 3.8) is 0 Å². The van der Waals surface area contributed by atoms with E-state index in [2.05, 4.69) is 93.9 Å². The van der Waals surface area contributed by atoms with E-state index in [1.54, 1.807) is 0 Å². The van der Waals surface area contributed by atoms with E-state index < -0.39 is 0 Å². The highest BCUT2D eigenvalue weighted by molar-refractivity contribution is 5.68. The molecule has 0 amide bonds. The van der Waals surface area contributed by atoms with Gasteiger partial charge in [-0.2, -0.15) is 0 Å². The summed E-state index contributed by atoms with van der Waals surface area (Å²) in [5.41, 5.74) is 10.4. The molecule has 1 fully saturated rings. The van der Waals surface area contributed by atoms with Crippen molar-refractivity contribution in [1.82, 2.24) is 4.98 Å². The molecule has 0 N–H and O–H groups in total. The Hall–Kier alpha value is -2.85. The third kappa shape index (κ3) is 5.38. The van der Waals surface area contributed by atoms with Gasteiger partial charge in [0, 0.05) is 34.9 Å². The van der Waals surface area contributed by atoms with Gasteiger partial charge in [0.05, 0.1) is 0 Å². The van der Waals surface area contributed by atoms with Gasteiger partial charge in [-0.3, -0.25) is 4.98 Å². The Labute approximate surface area is 213 Å². The number of hydrogen-bond donors (Lipinski definition) is 0. The summed E-state index contributed by atoms with van der Waals surface area (Å²) in [6, 6.07) is 16.3. The van der Waals surface area contributed by atoms with Gasteiger partial charge in [-0.05, 0) is 91.5 Å². The predicted octanol–water partition coefficient (Wildman–Crippen LogP) is 8.97. The Morgan fingerprint density at radius 3 is 2.14 bits per heavy atom. The van der Waals surface area contributed by atoms with Crippen molar-refractivity contribution >= 4 is 0 Å². The monoisotopic (exact) mass is 463 g/mol. The maximum atomic E-state index is 4.48. The first kappa shape index (κ1) is 25.2. The summed E-state index contributed by atoms with van der Waals surface area (Å²) in [6.07, 6.45) is 13.7. The number of pyridine rings is 1. The zero-order chi connectivity index (χ0) is 24.8. The molecule has 182 valence electrons. The Balaban J connectivity index is 1.67. The average molecular weight is 464 g/mol. The quantitative estimate of drug-likeness (QED) is 0.332. The predicted molar refractivity (Wildman–Crippen MR) is 150 cm³/mol. The summed E-state index contributed by atoms with van der Waals surface area (Å²) in [6.45, 7) is 11.3. The van der Waals surface area contributed by atoms with Crippen LogP contribution in [-0.2, 0) is 11.8 Å². The van der Waals surface area contributed by atoms with Crippen LogP contribution in [-0.4, -0.2) is 4.98 Å². The van der Waals surface area contributed by atoms with Gasteiger partial charge >= 0.3 is 0 Å². The van der Waals surface area contributed by atoms with Crippen molar-refractivity contribution in [2.24, 2.45) is 5.92 Å². The molecule has 35 heavy (non-hydrogen) atoms. The molecule has 0 spiro atoms. The van der Waals surface area contributed by atoms with Crippen molar-refractivity contribution in [2.45, 2.75) is 91.4 Å². The molecule has 1 aliphatic carbocycles. The molecule has 0 aliphatic heterocycles. The molecule has 1 aromatic heterocycles. The van der Waals surface area contributed by atoms with Gasteiger partial charge in [0.2, 0.25) is 0 Å². The van der Waals surface area contributed by atoms with E-state index in [-0.39, 0.29) is 5.41 Å². The SMILES string of the molecule is CCc1cncc(-c2ccc(C(CC)(CC)c3ccc(C#CC4CCCCC4)c(C)c3)cc2C)c1. The van der Waals surface area contributed by atoms with E-state index >= 15 is 0 Å². The van der Waals surface area contributed by atoms with E-state index in [1.807, 2.05) is 12.4 Å². The van der Waals surface area contributed by atoms with E-state index in [0.717, 1.165) is 19.3 Å². The molecule has 0 unspecified atom stereocenters. The average Bonchev–Trinajstić information content (AvgIpc) is 2.90. The maximum Gasteiger partial charge on any atom is 0.0346 e. The van der Waals surface area contributed by atoms with Crippen molar-refractivity contribution in [2.75, 3.05) is 0 Å². The lowest BCUT2D eigenvalue weighted by Crippen LogP contribution is -2.26. The summed E-state index contributed by atoms with van der Waals surface area (Å²) in [4.78, 5) is 4.48. The third-order valence-corrected chi connectivity index (χ3v) is 8.30. The Morgan fingerprint density at radius 1 is 0.829 bits per heavy atom. The van der Waals surface area contributed by atoms with Crippen LogP contribution in [0.3, 0.4) is 0 Å². The zero-order valence-electron chi connectivity index (χ0n) is 22.4. The van der Waals surface area contributed by atoms with E-state index in [1.165, 1.54) is 76.6 Å².